The van der Waals surface area contributed by atoms with Crippen molar-refractivity contribution in [2.24, 2.45) is 5.73 Å². The summed E-state index contributed by atoms with van der Waals surface area (Å²) < 4.78 is 2.04. The largest absolute Gasteiger partial charge is 0.324 e. The lowest BCUT2D eigenvalue weighted by Gasteiger charge is -2.15. The molecule has 0 radical (unpaired) electrons. The summed E-state index contributed by atoms with van der Waals surface area (Å²) in [6.07, 6.45) is 2.54. The molecule has 1 heterocycles. The highest BCUT2D eigenvalue weighted by molar-refractivity contribution is 9.10. The Balaban J connectivity index is 2.18. The second kappa shape index (κ2) is 5.95. The minimum atomic E-state index is -0.0313. The molecule has 0 aliphatic heterocycles. The number of aromatic nitrogens is 1. The molecule has 1 aromatic heterocycles. The summed E-state index contributed by atoms with van der Waals surface area (Å²) in [5.74, 6) is 0. The van der Waals surface area contributed by atoms with Crippen LogP contribution in [0.1, 0.15) is 22.9 Å². The summed E-state index contributed by atoms with van der Waals surface area (Å²) in [6.45, 7) is 2.08. The van der Waals surface area contributed by atoms with Crippen molar-refractivity contribution in [2.75, 3.05) is 0 Å². The maximum absolute atomic E-state index is 6.26. The first-order valence-electron chi connectivity index (χ1n) is 5.68. The van der Waals surface area contributed by atoms with Crippen molar-refractivity contribution in [1.82, 2.24) is 4.98 Å². The van der Waals surface area contributed by atoms with Crippen LogP contribution in [-0.2, 0) is 6.42 Å². The molecule has 0 spiro atoms. The molecule has 0 bridgehead atoms. The van der Waals surface area contributed by atoms with E-state index in [9.17, 15) is 0 Å². The highest BCUT2D eigenvalue weighted by Crippen LogP contribution is 2.23. The minimum absolute atomic E-state index is 0.0313. The molecule has 0 saturated heterocycles. The van der Waals surface area contributed by atoms with Crippen LogP contribution in [0, 0.1) is 6.92 Å². The Morgan fingerprint density at radius 1 is 1.17 bits per heavy atom. The Morgan fingerprint density at radius 2 is 1.89 bits per heavy atom. The first kappa shape index (κ1) is 13.7. The third-order valence-electron chi connectivity index (χ3n) is 2.86. The third kappa shape index (κ3) is 3.40. The van der Waals surface area contributed by atoms with E-state index in [1.165, 1.54) is 5.56 Å². The van der Waals surface area contributed by atoms with Gasteiger partial charge in [-0.1, -0.05) is 22.0 Å². The molecule has 18 heavy (non-hydrogen) atoms. The molecule has 2 N–H and O–H groups in total. The summed E-state index contributed by atoms with van der Waals surface area (Å²) in [6, 6.07) is 10.1. The number of hydrogen-bond donors (Lipinski definition) is 1. The van der Waals surface area contributed by atoms with Crippen molar-refractivity contribution in [1.29, 1.82) is 0 Å². The maximum Gasteiger partial charge on any atom is 0.0423 e. The SMILES string of the molecule is Cc1ccc(Br)cc1C(N)Cc1ccc(Br)cn1. The van der Waals surface area contributed by atoms with Gasteiger partial charge in [-0.3, -0.25) is 4.98 Å². The monoisotopic (exact) mass is 368 g/mol. The Hall–Kier alpha value is -0.710. The Morgan fingerprint density at radius 3 is 2.56 bits per heavy atom. The standard InChI is InChI=1S/C14H14Br2N2/c1-9-2-3-10(15)6-13(9)14(17)7-12-5-4-11(16)8-18-12/h2-6,8,14H,7,17H2,1H3. The number of halogens is 2. The molecule has 1 atom stereocenters. The molecule has 1 aromatic carbocycles. The van der Waals surface area contributed by atoms with Crippen LogP contribution in [0.15, 0.2) is 45.5 Å². The average Bonchev–Trinajstić information content (AvgIpc) is 2.35. The predicted molar refractivity (Wildman–Crippen MR) is 81.4 cm³/mol. The van der Waals surface area contributed by atoms with Crippen molar-refractivity contribution < 1.29 is 0 Å². The van der Waals surface area contributed by atoms with E-state index in [2.05, 4.69) is 55.9 Å². The van der Waals surface area contributed by atoms with Crippen LogP contribution in [0.4, 0.5) is 0 Å². The third-order valence-corrected chi connectivity index (χ3v) is 3.82. The summed E-state index contributed by atoms with van der Waals surface area (Å²) in [5.41, 5.74) is 9.64. The number of rotatable bonds is 3. The van der Waals surface area contributed by atoms with E-state index in [-0.39, 0.29) is 6.04 Å². The van der Waals surface area contributed by atoms with Gasteiger partial charge in [0.05, 0.1) is 0 Å². The summed E-state index contributed by atoms with van der Waals surface area (Å²) in [5, 5.41) is 0. The fraction of sp³-hybridized carbons (Fsp3) is 0.214. The lowest BCUT2D eigenvalue weighted by Crippen LogP contribution is -2.15. The zero-order valence-electron chi connectivity index (χ0n) is 10.0. The van der Waals surface area contributed by atoms with Crippen molar-refractivity contribution in [2.45, 2.75) is 19.4 Å². The van der Waals surface area contributed by atoms with Gasteiger partial charge in [0, 0.05) is 33.3 Å². The van der Waals surface area contributed by atoms with E-state index in [0.29, 0.717) is 0 Å². The van der Waals surface area contributed by atoms with Gasteiger partial charge >= 0.3 is 0 Å². The molecule has 2 rings (SSSR count). The highest BCUT2D eigenvalue weighted by Gasteiger charge is 2.11. The van der Waals surface area contributed by atoms with Gasteiger partial charge in [0.15, 0.2) is 0 Å². The number of nitrogens with zero attached hydrogens (tertiary/aromatic N) is 1. The van der Waals surface area contributed by atoms with Crippen molar-refractivity contribution in [3.05, 3.63) is 62.3 Å². The molecule has 2 nitrogen and oxygen atoms in total. The lowest BCUT2D eigenvalue weighted by atomic mass is 9.98. The van der Waals surface area contributed by atoms with Crippen LogP contribution in [-0.4, -0.2) is 4.98 Å². The maximum atomic E-state index is 6.26. The van der Waals surface area contributed by atoms with Crippen LogP contribution >= 0.6 is 31.9 Å². The Bertz CT molecular complexity index is 538. The van der Waals surface area contributed by atoms with E-state index in [1.54, 1.807) is 6.20 Å². The van der Waals surface area contributed by atoms with Gasteiger partial charge in [0.25, 0.3) is 0 Å². The van der Waals surface area contributed by atoms with Gasteiger partial charge in [-0.05, 0) is 58.2 Å². The second-order valence-corrected chi connectivity index (χ2v) is 6.11. The smallest absolute Gasteiger partial charge is 0.0423 e. The molecule has 2 aromatic rings. The van der Waals surface area contributed by atoms with E-state index in [1.807, 2.05) is 18.2 Å². The molecule has 0 saturated carbocycles. The normalized spacial score (nSPS) is 12.4. The quantitative estimate of drug-likeness (QED) is 0.882. The van der Waals surface area contributed by atoms with Gasteiger partial charge in [0.1, 0.15) is 0 Å². The number of benzene rings is 1. The highest BCUT2D eigenvalue weighted by atomic mass is 79.9. The summed E-state index contributed by atoms with van der Waals surface area (Å²) >= 11 is 6.86. The summed E-state index contributed by atoms with van der Waals surface area (Å²) in [7, 11) is 0. The number of nitrogens with two attached hydrogens (primary N) is 1. The van der Waals surface area contributed by atoms with Crippen LogP contribution in [0.5, 0.6) is 0 Å². The first-order chi connectivity index (χ1) is 8.56. The second-order valence-electron chi connectivity index (χ2n) is 4.28. The van der Waals surface area contributed by atoms with Gasteiger partial charge in [-0.25, -0.2) is 0 Å². The van der Waals surface area contributed by atoms with Crippen LogP contribution in [0.3, 0.4) is 0 Å². The summed E-state index contributed by atoms with van der Waals surface area (Å²) in [4.78, 5) is 4.36. The molecular weight excluding hydrogens is 356 g/mol. The minimum Gasteiger partial charge on any atom is -0.324 e. The molecule has 94 valence electrons. The molecule has 0 amide bonds. The molecular formula is C14H14Br2N2. The van der Waals surface area contributed by atoms with Crippen molar-refractivity contribution in [3.8, 4) is 0 Å². The van der Waals surface area contributed by atoms with Gasteiger partial charge < -0.3 is 5.73 Å². The van der Waals surface area contributed by atoms with E-state index >= 15 is 0 Å². The fourth-order valence-electron chi connectivity index (χ4n) is 1.87. The van der Waals surface area contributed by atoms with Crippen molar-refractivity contribution >= 4 is 31.9 Å². The van der Waals surface area contributed by atoms with Crippen LogP contribution in [0.2, 0.25) is 0 Å². The van der Waals surface area contributed by atoms with Gasteiger partial charge in [0.2, 0.25) is 0 Å². The van der Waals surface area contributed by atoms with Crippen molar-refractivity contribution in [3.63, 3.8) is 0 Å². The van der Waals surface area contributed by atoms with E-state index in [0.717, 1.165) is 26.6 Å². The zero-order chi connectivity index (χ0) is 13.1. The first-order valence-corrected chi connectivity index (χ1v) is 7.27. The molecule has 0 aliphatic carbocycles. The molecule has 4 heteroatoms. The topological polar surface area (TPSA) is 38.9 Å². The van der Waals surface area contributed by atoms with Crippen LogP contribution < -0.4 is 5.73 Å². The van der Waals surface area contributed by atoms with E-state index in [4.69, 9.17) is 5.73 Å². The van der Waals surface area contributed by atoms with E-state index < -0.39 is 0 Å². The van der Waals surface area contributed by atoms with Gasteiger partial charge in [-0.15, -0.1) is 0 Å². The molecule has 0 aliphatic rings. The number of aryl methyl sites for hydroxylation is 1. The fourth-order valence-corrected chi connectivity index (χ4v) is 2.49. The Labute approximate surface area is 124 Å². The average molecular weight is 370 g/mol. The predicted octanol–water partition coefficient (Wildman–Crippen LogP) is 4.16. The number of pyridine rings is 1. The zero-order valence-corrected chi connectivity index (χ0v) is 13.2. The Kier molecular flexibility index (Phi) is 4.54. The lowest BCUT2D eigenvalue weighted by molar-refractivity contribution is 0.701. The number of hydrogen-bond acceptors (Lipinski definition) is 2. The van der Waals surface area contributed by atoms with Crippen LogP contribution in [0.25, 0.3) is 0 Å². The van der Waals surface area contributed by atoms with Gasteiger partial charge in [-0.2, -0.15) is 0 Å². The molecule has 0 fully saturated rings. The molecule has 1 unspecified atom stereocenters.